The van der Waals surface area contributed by atoms with E-state index in [2.05, 4.69) is 25.8 Å². The molecule has 1 aliphatic carbocycles. The number of aliphatic hydroxyl groups excluding tert-OH is 1. The zero-order chi connectivity index (χ0) is 36.6. The molecule has 0 radical (unpaired) electrons. The summed E-state index contributed by atoms with van der Waals surface area (Å²) in [5.74, 6) is 1.34. The van der Waals surface area contributed by atoms with Crippen molar-refractivity contribution in [2.45, 2.75) is 63.9 Å². The summed E-state index contributed by atoms with van der Waals surface area (Å²) in [4.78, 5) is 43.1. The van der Waals surface area contributed by atoms with Crippen LogP contribution in [-0.4, -0.2) is 74.4 Å². The number of aliphatic hydroxyl groups is 1. The number of aromatic nitrogens is 3. The van der Waals surface area contributed by atoms with Crippen LogP contribution in [0.25, 0.3) is 11.3 Å². The van der Waals surface area contributed by atoms with E-state index in [1.807, 2.05) is 48.5 Å². The van der Waals surface area contributed by atoms with Gasteiger partial charge in [0.1, 0.15) is 29.4 Å². The van der Waals surface area contributed by atoms with Crippen LogP contribution in [-0.2, 0) is 9.59 Å². The fourth-order valence-corrected chi connectivity index (χ4v) is 6.34. The molecular formula is C39H43N7O6. The number of pyridine rings is 1. The molecule has 1 saturated carbocycles. The summed E-state index contributed by atoms with van der Waals surface area (Å²) in [5, 5.41) is 27.0. The second-order valence-corrected chi connectivity index (χ2v) is 13.0. The quantitative estimate of drug-likeness (QED) is 0.192. The maximum Gasteiger partial charge on any atom is 0.267 e. The maximum absolute atomic E-state index is 13.4. The van der Waals surface area contributed by atoms with Crippen molar-refractivity contribution in [2.24, 2.45) is 11.0 Å². The number of benzene rings is 2. The van der Waals surface area contributed by atoms with Crippen LogP contribution in [0.2, 0.25) is 0 Å². The fraction of sp³-hybridized carbons (Fsp3) is 0.333. The summed E-state index contributed by atoms with van der Waals surface area (Å²) in [6.45, 7) is 3.81. The number of carbonyl (C=O) groups excluding carboxylic acids is 2. The number of anilines is 1. The number of rotatable bonds is 12. The lowest BCUT2D eigenvalue weighted by Gasteiger charge is -2.31. The SMILES string of the molecule is COc1cccc(-c2ccc(=O)n(C(C)C(=O)NC3CCCC(COc4cccc(C5=NN(C(C)C(=O)Nc6ccccn6)C(O)C=C5)c4)C3)n2)c1. The molecule has 2 aromatic carbocycles. The first-order chi connectivity index (χ1) is 25.2. The number of carbonyl (C=O) groups is 2. The van der Waals surface area contributed by atoms with E-state index in [0.29, 0.717) is 35.3 Å². The minimum Gasteiger partial charge on any atom is -0.497 e. The largest absolute Gasteiger partial charge is 0.497 e. The highest BCUT2D eigenvalue weighted by molar-refractivity contribution is 6.09. The van der Waals surface area contributed by atoms with Gasteiger partial charge in [-0.05, 0) is 93.6 Å². The highest BCUT2D eigenvalue weighted by Gasteiger charge is 2.29. The molecule has 5 unspecified atom stereocenters. The lowest BCUT2D eigenvalue weighted by Crippen LogP contribution is -2.45. The number of methoxy groups -OCH3 is 1. The standard InChI is InChI=1S/C39H43N7O6/c1-25(45-36(47)18-16-33(43-45)28-10-7-13-31(22-28)51-3)38(49)41-30-12-6-9-27(21-30)24-52-32-14-8-11-29(23-32)34-17-19-37(48)46(44-34)26(2)39(50)42-35-15-4-5-20-40-35/h4-5,7-8,10-11,13-20,22-23,25-27,30,37,48H,6,9,12,21,24H2,1-3H3,(H,41,49)(H,40,42,50). The lowest BCUT2D eigenvalue weighted by atomic mass is 9.86. The molecule has 0 bridgehead atoms. The zero-order valence-electron chi connectivity index (χ0n) is 29.4. The van der Waals surface area contributed by atoms with Gasteiger partial charge in [-0.25, -0.2) is 9.67 Å². The fourth-order valence-electron chi connectivity index (χ4n) is 6.34. The highest BCUT2D eigenvalue weighted by Crippen LogP contribution is 2.27. The summed E-state index contributed by atoms with van der Waals surface area (Å²) >= 11 is 0. The Bertz CT molecular complexity index is 2000. The Kier molecular flexibility index (Phi) is 11.4. The Hall–Kier alpha value is -5.82. The molecule has 0 spiro atoms. The van der Waals surface area contributed by atoms with E-state index in [1.165, 1.54) is 15.8 Å². The van der Waals surface area contributed by atoms with E-state index in [4.69, 9.17) is 9.47 Å². The number of nitrogens with zero attached hydrogens (tertiary/aromatic N) is 5. The van der Waals surface area contributed by atoms with Gasteiger partial charge in [0.25, 0.3) is 5.56 Å². The molecular weight excluding hydrogens is 662 g/mol. The molecule has 1 fully saturated rings. The van der Waals surface area contributed by atoms with Gasteiger partial charge in [0.05, 0.1) is 25.1 Å². The molecule has 0 saturated heterocycles. The first-order valence-electron chi connectivity index (χ1n) is 17.4. The lowest BCUT2D eigenvalue weighted by molar-refractivity contribution is -0.125. The Morgan fingerprint density at radius 3 is 2.52 bits per heavy atom. The van der Waals surface area contributed by atoms with Crippen LogP contribution >= 0.6 is 0 Å². The van der Waals surface area contributed by atoms with Crippen molar-refractivity contribution in [3.05, 3.63) is 113 Å². The molecule has 1 aliphatic heterocycles. The Morgan fingerprint density at radius 2 is 1.73 bits per heavy atom. The zero-order valence-corrected chi connectivity index (χ0v) is 29.4. The molecule has 3 heterocycles. The van der Waals surface area contributed by atoms with Crippen LogP contribution in [0.15, 0.2) is 107 Å². The Labute approximate surface area is 302 Å². The van der Waals surface area contributed by atoms with E-state index in [-0.39, 0.29) is 29.3 Å². The predicted molar refractivity (Wildman–Crippen MR) is 197 cm³/mol. The van der Waals surface area contributed by atoms with E-state index in [9.17, 15) is 19.5 Å². The molecule has 5 atom stereocenters. The Balaban J connectivity index is 1.04. The minimum absolute atomic E-state index is 0.0584. The van der Waals surface area contributed by atoms with Crippen molar-refractivity contribution in [3.63, 3.8) is 0 Å². The van der Waals surface area contributed by atoms with Gasteiger partial charge in [-0.2, -0.15) is 10.2 Å². The normalized spacial score (nSPS) is 19.6. The summed E-state index contributed by atoms with van der Waals surface area (Å²) in [5.41, 5.74) is 2.33. The Morgan fingerprint density at radius 1 is 0.942 bits per heavy atom. The van der Waals surface area contributed by atoms with Crippen molar-refractivity contribution in [2.75, 3.05) is 19.0 Å². The molecule has 3 N–H and O–H groups in total. The first-order valence-corrected chi connectivity index (χ1v) is 17.4. The van der Waals surface area contributed by atoms with Gasteiger partial charge in [0, 0.05) is 29.4 Å². The van der Waals surface area contributed by atoms with Gasteiger partial charge in [-0.15, -0.1) is 0 Å². The van der Waals surface area contributed by atoms with Crippen molar-refractivity contribution >= 4 is 23.3 Å². The van der Waals surface area contributed by atoms with E-state index >= 15 is 0 Å². The van der Waals surface area contributed by atoms with Crippen LogP contribution in [0.3, 0.4) is 0 Å². The van der Waals surface area contributed by atoms with Gasteiger partial charge in [0.2, 0.25) is 11.8 Å². The number of nitrogens with one attached hydrogen (secondary N) is 2. The molecule has 2 aromatic heterocycles. The van der Waals surface area contributed by atoms with Crippen LogP contribution in [0, 0.1) is 5.92 Å². The van der Waals surface area contributed by atoms with Crippen molar-refractivity contribution in [1.29, 1.82) is 0 Å². The van der Waals surface area contributed by atoms with E-state index < -0.39 is 18.3 Å². The predicted octanol–water partition coefficient (Wildman–Crippen LogP) is 4.55. The third-order valence-corrected chi connectivity index (χ3v) is 9.29. The summed E-state index contributed by atoms with van der Waals surface area (Å²) in [6, 6.07) is 21.6. The monoisotopic (exact) mass is 705 g/mol. The molecule has 270 valence electrons. The number of hydrogen-bond donors (Lipinski definition) is 3. The van der Waals surface area contributed by atoms with Gasteiger partial charge in [-0.3, -0.25) is 19.4 Å². The average molecular weight is 706 g/mol. The van der Waals surface area contributed by atoms with Gasteiger partial charge < -0.3 is 25.2 Å². The number of hydrazone groups is 1. The topological polar surface area (TPSA) is 160 Å². The van der Waals surface area contributed by atoms with Gasteiger partial charge in [0.15, 0.2) is 6.23 Å². The smallest absolute Gasteiger partial charge is 0.267 e. The molecule has 6 rings (SSSR count). The average Bonchev–Trinajstić information content (AvgIpc) is 3.17. The van der Waals surface area contributed by atoms with E-state index in [1.54, 1.807) is 63.6 Å². The van der Waals surface area contributed by atoms with Crippen LogP contribution < -0.4 is 25.7 Å². The van der Waals surface area contributed by atoms with Crippen molar-refractivity contribution < 1.29 is 24.2 Å². The molecule has 2 aliphatic rings. The summed E-state index contributed by atoms with van der Waals surface area (Å²) in [7, 11) is 1.59. The molecule has 13 nitrogen and oxygen atoms in total. The molecule has 2 amide bonds. The van der Waals surface area contributed by atoms with Gasteiger partial charge >= 0.3 is 0 Å². The van der Waals surface area contributed by atoms with E-state index in [0.717, 1.165) is 36.8 Å². The number of allylic oxidation sites excluding steroid dienone is 1. The van der Waals surface area contributed by atoms with Crippen LogP contribution in [0.5, 0.6) is 11.5 Å². The van der Waals surface area contributed by atoms with Gasteiger partial charge in [-0.1, -0.05) is 36.8 Å². The highest BCUT2D eigenvalue weighted by atomic mass is 16.5. The summed E-state index contributed by atoms with van der Waals surface area (Å²) in [6.07, 6.45) is 7.30. The van der Waals surface area contributed by atoms with Crippen LogP contribution in [0.4, 0.5) is 5.82 Å². The number of hydrogen-bond acceptors (Lipinski definition) is 10. The maximum atomic E-state index is 13.4. The third kappa shape index (κ3) is 8.72. The number of ether oxygens (including phenoxy) is 2. The molecule has 4 aromatic rings. The minimum atomic E-state index is -1.07. The molecule has 52 heavy (non-hydrogen) atoms. The first kappa shape index (κ1) is 36.0. The third-order valence-electron chi connectivity index (χ3n) is 9.29. The number of amides is 2. The van der Waals surface area contributed by atoms with Crippen molar-refractivity contribution in [1.82, 2.24) is 25.1 Å². The van der Waals surface area contributed by atoms with Crippen LogP contribution in [0.1, 0.15) is 51.1 Å². The molecule has 13 heteroatoms. The summed E-state index contributed by atoms with van der Waals surface area (Å²) < 4.78 is 12.8. The second kappa shape index (κ2) is 16.5. The van der Waals surface area contributed by atoms with Crippen molar-refractivity contribution in [3.8, 4) is 22.8 Å². The second-order valence-electron chi connectivity index (χ2n) is 13.0.